The summed E-state index contributed by atoms with van der Waals surface area (Å²) in [6.45, 7) is 4.71. The lowest BCUT2D eigenvalue weighted by molar-refractivity contribution is -0.141. The maximum Gasteiger partial charge on any atom is 0.325 e. The maximum atomic E-state index is 12.1. The van der Waals surface area contributed by atoms with Gasteiger partial charge in [-0.25, -0.2) is 4.98 Å². The topological polar surface area (TPSA) is 56.6 Å². The number of imidazole rings is 1. The van der Waals surface area contributed by atoms with Gasteiger partial charge in [-0.2, -0.15) is 0 Å². The molecule has 6 heteroatoms. The van der Waals surface area contributed by atoms with Gasteiger partial charge in [0.25, 0.3) is 0 Å². The average Bonchev–Trinajstić information content (AvgIpc) is 3.40. The number of hydrogen-bond donors (Lipinski definition) is 0. The molecule has 0 fully saturated rings. The fourth-order valence-electron chi connectivity index (χ4n) is 3.92. The second kappa shape index (κ2) is 9.48. The van der Waals surface area contributed by atoms with Gasteiger partial charge in [0.15, 0.2) is 0 Å². The molecule has 4 rings (SSSR count). The summed E-state index contributed by atoms with van der Waals surface area (Å²) in [6, 6.07) is 16.3. The summed E-state index contributed by atoms with van der Waals surface area (Å²) in [7, 11) is 0. The molecule has 0 aliphatic carbocycles. The first kappa shape index (κ1) is 20.0. The highest BCUT2D eigenvalue weighted by Gasteiger charge is 2.30. The normalized spacial score (nSPS) is 15.1. The molecule has 0 saturated heterocycles. The van der Waals surface area contributed by atoms with Crippen LogP contribution in [0.5, 0.6) is 5.75 Å². The Bertz CT molecular complexity index is 957. The van der Waals surface area contributed by atoms with Crippen LogP contribution >= 0.6 is 0 Å². The predicted molar refractivity (Wildman–Crippen MR) is 116 cm³/mol. The standard InChI is InChI=1S/C24H27N3O3/c1-2-29-24(28)16-27-15-20(10-12-26-13-11-25-18-26)22-14-21(8-9-23(22)27)30-17-19-6-4-3-5-7-19/h3-9,11,13-14,18,20H,2,10,12,15-17H2,1H3. The van der Waals surface area contributed by atoms with E-state index in [0.29, 0.717) is 19.1 Å². The van der Waals surface area contributed by atoms with Crippen molar-refractivity contribution in [2.75, 3.05) is 24.6 Å². The number of fused-ring (bicyclic) bond motifs is 1. The molecule has 1 unspecified atom stereocenters. The van der Waals surface area contributed by atoms with E-state index < -0.39 is 0 Å². The number of rotatable bonds is 9. The van der Waals surface area contributed by atoms with E-state index in [4.69, 9.17) is 9.47 Å². The third kappa shape index (κ3) is 4.82. The van der Waals surface area contributed by atoms with E-state index in [1.165, 1.54) is 5.56 Å². The van der Waals surface area contributed by atoms with E-state index in [9.17, 15) is 4.79 Å². The lowest BCUT2D eigenvalue weighted by Crippen LogP contribution is -2.30. The molecule has 2 aromatic carbocycles. The van der Waals surface area contributed by atoms with Crippen LogP contribution in [0.3, 0.4) is 0 Å². The van der Waals surface area contributed by atoms with Crippen LogP contribution in [0.15, 0.2) is 67.3 Å². The number of anilines is 1. The number of carbonyl (C=O) groups excluding carboxylic acids is 1. The Morgan fingerprint density at radius 1 is 1.20 bits per heavy atom. The summed E-state index contributed by atoms with van der Waals surface area (Å²) in [5.74, 6) is 0.975. The zero-order valence-electron chi connectivity index (χ0n) is 17.2. The van der Waals surface area contributed by atoms with Crippen molar-refractivity contribution in [2.24, 2.45) is 0 Å². The minimum atomic E-state index is -0.192. The number of aryl methyl sites for hydroxylation is 1. The number of benzene rings is 2. The van der Waals surface area contributed by atoms with Gasteiger partial charge >= 0.3 is 5.97 Å². The Balaban J connectivity index is 1.50. The summed E-state index contributed by atoms with van der Waals surface area (Å²) < 4.78 is 13.3. The third-order valence-electron chi connectivity index (χ3n) is 5.39. The summed E-state index contributed by atoms with van der Waals surface area (Å²) >= 11 is 0. The largest absolute Gasteiger partial charge is 0.489 e. The molecule has 0 amide bonds. The fraction of sp³-hybridized carbons (Fsp3) is 0.333. The first-order valence-electron chi connectivity index (χ1n) is 10.4. The van der Waals surface area contributed by atoms with Crippen molar-refractivity contribution in [3.8, 4) is 5.75 Å². The van der Waals surface area contributed by atoms with Gasteiger partial charge in [0.1, 0.15) is 18.9 Å². The number of hydrogen-bond acceptors (Lipinski definition) is 5. The van der Waals surface area contributed by atoms with Crippen molar-refractivity contribution >= 4 is 11.7 Å². The molecule has 0 bridgehead atoms. The van der Waals surface area contributed by atoms with E-state index in [-0.39, 0.29) is 12.5 Å². The molecule has 30 heavy (non-hydrogen) atoms. The van der Waals surface area contributed by atoms with E-state index in [2.05, 4.69) is 38.7 Å². The van der Waals surface area contributed by atoms with Crippen LogP contribution in [0.4, 0.5) is 5.69 Å². The average molecular weight is 405 g/mol. The quantitative estimate of drug-likeness (QED) is 0.503. The van der Waals surface area contributed by atoms with Crippen LogP contribution in [0.2, 0.25) is 0 Å². The minimum absolute atomic E-state index is 0.192. The molecule has 1 aliphatic heterocycles. The van der Waals surface area contributed by atoms with Crippen LogP contribution in [-0.2, 0) is 22.7 Å². The highest BCUT2D eigenvalue weighted by atomic mass is 16.5. The molecule has 0 N–H and O–H groups in total. The number of esters is 1. The fourth-order valence-corrected chi connectivity index (χ4v) is 3.92. The van der Waals surface area contributed by atoms with E-state index in [1.54, 1.807) is 6.20 Å². The van der Waals surface area contributed by atoms with Gasteiger partial charge in [0.05, 0.1) is 12.9 Å². The van der Waals surface area contributed by atoms with Crippen molar-refractivity contribution in [2.45, 2.75) is 32.4 Å². The molecule has 0 spiro atoms. The molecule has 2 heterocycles. The summed E-state index contributed by atoms with van der Waals surface area (Å²) in [5.41, 5.74) is 3.45. The first-order valence-corrected chi connectivity index (χ1v) is 10.4. The second-order valence-corrected chi connectivity index (χ2v) is 7.47. The van der Waals surface area contributed by atoms with Gasteiger partial charge in [0.2, 0.25) is 0 Å². The van der Waals surface area contributed by atoms with Gasteiger partial charge in [-0.05, 0) is 42.7 Å². The summed E-state index contributed by atoms with van der Waals surface area (Å²) in [5, 5.41) is 0. The predicted octanol–water partition coefficient (Wildman–Crippen LogP) is 4.02. The van der Waals surface area contributed by atoms with Crippen LogP contribution in [0, 0.1) is 0 Å². The molecule has 1 atom stereocenters. The van der Waals surface area contributed by atoms with Crippen LogP contribution in [-0.4, -0.2) is 35.2 Å². The van der Waals surface area contributed by atoms with Crippen molar-refractivity contribution in [3.63, 3.8) is 0 Å². The molecular weight excluding hydrogens is 378 g/mol. The molecule has 1 aromatic heterocycles. The van der Waals surface area contributed by atoms with Crippen LogP contribution in [0.1, 0.15) is 30.4 Å². The molecule has 3 aromatic rings. The van der Waals surface area contributed by atoms with Crippen molar-refractivity contribution in [1.29, 1.82) is 0 Å². The Labute approximate surface area is 177 Å². The Kier molecular flexibility index (Phi) is 6.32. The zero-order chi connectivity index (χ0) is 20.8. The minimum Gasteiger partial charge on any atom is -0.489 e. The number of ether oxygens (including phenoxy) is 2. The van der Waals surface area contributed by atoms with Crippen molar-refractivity contribution in [3.05, 3.63) is 78.4 Å². The van der Waals surface area contributed by atoms with Gasteiger partial charge < -0.3 is 18.9 Å². The van der Waals surface area contributed by atoms with E-state index in [0.717, 1.165) is 36.5 Å². The van der Waals surface area contributed by atoms with E-state index in [1.807, 2.05) is 43.7 Å². The van der Waals surface area contributed by atoms with E-state index >= 15 is 0 Å². The lowest BCUT2D eigenvalue weighted by atomic mass is 9.97. The number of aromatic nitrogens is 2. The van der Waals surface area contributed by atoms with Gasteiger partial charge in [0, 0.05) is 37.1 Å². The summed E-state index contributed by atoms with van der Waals surface area (Å²) in [6.07, 6.45) is 6.58. The Morgan fingerprint density at radius 2 is 2.07 bits per heavy atom. The number of nitrogens with zero attached hydrogens (tertiary/aromatic N) is 3. The first-order chi connectivity index (χ1) is 14.7. The van der Waals surface area contributed by atoms with Gasteiger partial charge in [-0.15, -0.1) is 0 Å². The maximum absolute atomic E-state index is 12.1. The van der Waals surface area contributed by atoms with Gasteiger partial charge in [-0.1, -0.05) is 30.3 Å². The lowest BCUT2D eigenvalue weighted by Gasteiger charge is -2.19. The molecule has 156 valence electrons. The number of carbonyl (C=O) groups is 1. The SMILES string of the molecule is CCOC(=O)CN1CC(CCn2ccnc2)c2cc(OCc3ccccc3)ccc21. The molecule has 1 aliphatic rings. The van der Waals surface area contributed by atoms with Crippen molar-refractivity contribution in [1.82, 2.24) is 9.55 Å². The monoisotopic (exact) mass is 405 g/mol. The van der Waals surface area contributed by atoms with Gasteiger partial charge in [-0.3, -0.25) is 4.79 Å². The summed E-state index contributed by atoms with van der Waals surface area (Å²) in [4.78, 5) is 18.3. The third-order valence-corrected chi connectivity index (χ3v) is 5.39. The van der Waals surface area contributed by atoms with Crippen molar-refractivity contribution < 1.29 is 14.3 Å². The Hall–Kier alpha value is -3.28. The molecule has 6 nitrogen and oxygen atoms in total. The second-order valence-electron chi connectivity index (χ2n) is 7.47. The smallest absolute Gasteiger partial charge is 0.325 e. The van der Waals surface area contributed by atoms with Crippen LogP contribution in [0.25, 0.3) is 0 Å². The molecule has 0 saturated carbocycles. The van der Waals surface area contributed by atoms with Crippen LogP contribution < -0.4 is 9.64 Å². The Morgan fingerprint density at radius 3 is 2.83 bits per heavy atom. The molecule has 0 radical (unpaired) electrons. The zero-order valence-corrected chi connectivity index (χ0v) is 17.2. The molecular formula is C24H27N3O3. The highest BCUT2D eigenvalue weighted by Crippen LogP contribution is 2.40. The highest BCUT2D eigenvalue weighted by molar-refractivity contribution is 5.78.